The van der Waals surface area contributed by atoms with Gasteiger partial charge in [0.05, 0.1) is 11.0 Å². The number of carbonyl (C=O) groups is 1. The number of hydrogen-bond donors (Lipinski definition) is 2. The minimum atomic E-state index is -1.46. The Kier molecular flexibility index (Phi) is 4.11. The lowest BCUT2D eigenvalue weighted by atomic mass is 9.88. The van der Waals surface area contributed by atoms with E-state index in [4.69, 9.17) is 5.11 Å². The van der Waals surface area contributed by atoms with Crippen molar-refractivity contribution < 1.29 is 15.0 Å². The summed E-state index contributed by atoms with van der Waals surface area (Å²) < 4.78 is 1.84. The van der Waals surface area contributed by atoms with Gasteiger partial charge in [0.1, 0.15) is 11.4 Å². The number of benzene rings is 2. The van der Waals surface area contributed by atoms with E-state index in [1.54, 1.807) is 12.1 Å². The fourth-order valence-corrected chi connectivity index (χ4v) is 3.06. The molecular weight excluding hydrogens is 304 g/mol. The zero-order valence-corrected chi connectivity index (χ0v) is 13.7. The van der Waals surface area contributed by atoms with Crippen molar-refractivity contribution in [1.82, 2.24) is 9.55 Å². The number of rotatable bonds is 5. The molecule has 3 rings (SSSR count). The van der Waals surface area contributed by atoms with Gasteiger partial charge < -0.3 is 14.8 Å². The normalized spacial score (nSPS) is 13.8. The maximum Gasteiger partial charge on any atom is 0.303 e. The van der Waals surface area contributed by atoms with E-state index >= 15 is 0 Å². The summed E-state index contributed by atoms with van der Waals surface area (Å²) in [7, 11) is 1.85. The molecule has 5 heteroatoms. The van der Waals surface area contributed by atoms with Gasteiger partial charge in [-0.2, -0.15) is 0 Å². The molecule has 0 saturated carbocycles. The molecule has 0 aliphatic rings. The molecule has 0 aliphatic carbocycles. The van der Waals surface area contributed by atoms with E-state index in [0.29, 0.717) is 11.4 Å². The SMILES string of the molecule is Cc1ccc2nc(C(O)(CCC(=O)O)c3ccccc3)n(C)c2c1. The Morgan fingerprint density at radius 2 is 1.92 bits per heavy atom. The van der Waals surface area contributed by atoms with Crippen LogP contribution in [0, 0.1) is 6.92 Å². The van der Waals surface area contributed by atoms with Gasteiger partial charge >= 0.3 is 5.97 Å². The van der Waals surface area contributed by atoms with E-state index in [2.05, 4.69) is 4.98 Å². The maximum atomic E-state index is 11.4. The van der Waals surface area contributed by atoms with Gasteiger partial charge in [0, 0.05) is 13.5 Å². The summed E-state index contributed by atoms with van der Waals surface area (Å²) in [5, 5.41) is 20.5. The summed E-state index contributed by atoms with van der Waals surface area (Å²) in [6.45, 7) is 2.00. The molecule has 5 nitrogen and oxygen atoms in total. The largest absolute Gasteiger partial charge is 0.481 e. The van der Waals surface area contributed by atoms with E-state index in [1.165, 1.54) is 0 Å². The van der Waals surface area contributed by atoms with Crippen LogP contribution in [0.3, 0.4) is 0 Å². The fraction of sp³-hybridized carbons (Fsp3) is 0.263. The van der Waals surface area contributed by atoms with Crippen LogP contribution in [0.5, 0.6) is 0 Å². The van der Waals surface area contributed by atoms with Crippen molar-refractivity contribution in [3.05, 3.63) is 65.5 Å². The quantitative estimate of drug-likeness (QED) is 0.756. The van der Waals surface area contributed by atoms with Crippen molar-refractivity contribution >= 4 is 17.0 Å². The molecule has 2 N–H and O–H groups in total. The Hall–Kier alpha value is -2.66. The van der Waals surface area contributed by atoms with Gasteiger partial charge in [-0.3, -0.25) is 4.79 Å². The zero-order chi connectivity index (χ0) is 17.3. The Morgan fingerprint density at radius 3 is 2.58 bits per heavy atom. The molecule has 0 fully saturated rings. The van der Waals surface area contributed by atoms with Gasteiger partial charge in [-0.1, -0.05) is 36.4 Å². The third-order valence-electron chi connectivity index (χ3n) is 4.36. The highest BCUT2D eigenvalue weighted by atomic mass is 16.4. The Bertz CT molecular complexity index is 886. The number of carboxylic acid groups (broad SMARTS) is 1. The van der Waals surface area contributed by atoms with Crippen LogP contribution in [-0.4, -0.2) is 25.7 Å². The lowest BCUT2D eigenvalue weighted by molar-refractivity contribution is -0.138. The maximum absolute atomic E-state index is 11.4. The second kappa shape index (κ2) is 6.09. The lowest BCUT2D eigenvalue weighted by Gasteiger charge is -2.27. The molecule has 0 radical (unpaired) electrons. The van der Waals surface area contributed by atoms with Gasteiger partial charge in [0.25, 0.3) is 0 Å². The molecule has 1 aromatic heterocycles. The minimum absolute atomic E-state index is 0.0580. The standard InChI is InChI=1S/C19H20N2O3/c1-13-8-9-15-16(12-13)21(2)18(20-15)19(24,11-10-17(22)23)14-6-4-3-5-7-14/h3-9,12,24H,10-11H2,1-2H3,(H,22,23). The second-order valence-electron chi connectivity index (χ2n) is 6.11. The number of fused-ring (bicyclic) bond motifs is 1. The summed E-state index contributed by atoms with van der Waals surface area (Å²) in [4.78, 5) is 15.7. The van der Waals surface area contributed by atoms with Crippen molar-refractivity contribution in [3.63, 3.8) is 0 Å². The second-order valence-corrected chi connectivity index (χ2v) is 6.11. The Morgan fingerprint density at radius 1 is 1.21 bits per heavy atom. The van der Waals surface area contributed by atoms with E-state index in [0.717, 1.165) is 16.6 Å². The van der Waals surface area contributed by atoms with Gasteiger partial charge in [-0.15, -0.1) is 0 Å². The molecule has 3 aromatic rings. The number of aromatic nitrogens is 2. The van der Waals surface area contributed by atoms with Crippen LogP contribution in [0.4, 0.5) is 0 Å². The Labute approximate surface area is 140 Å². The molecule has 0 saturated heterocycles. The average molecular weight is 324 g/mol. The molecule has 124 valence electrons. The van der Waals surface area contributed by atoms with Crippen LogP contribution in [0.15, 0.2) is 48.5 Å². The Balaban J connectivity index is 2.19. The van der Waals surface area contributed by atoms with Crippen LogP contribution in [0.1, 0.15) is 29.8 Å². The smallest absolute Gasteiger partial charge is 0.303 e. The number of imidazole rings is 1. The van der Waals surface area contributed by atoms with Crippen LogP contribution < -0.4 is 0 Å². The molecule has 0 aliphatic heterocycles. The fourth-order valence-electron chi connectivity index (χ4n) is 3.06. The van der Waals surface area contributed by atoms with Crippen molar-refractivity contribution in [3.8, 4) is 0 Å². The van der Waals surface area contributed by atoms with Crippen molar-refractivity contribution in [2.75, 3.05) is 0 Å². The van der Waals surface area contributed by atoms with Crippen LogP contribution in [0.25, 0.3) is 11.0 Å². The molecule has 0 amide bonds. The first kappa shape index (κ1) is 16.2. The van der Waals surface area contributed by atoms with Crippen LogP contribution >= 0.6 is 0 Å². The monoisotopic (exact) mass is 324 g/mol. The molecule has 1 unspecified atom stereocenters. The number of nitrogens with zero attached hydrogens (tertiary/aromatic N) is 2. The topological polar surface area (TPSA) is 75.3 Å². The van der Waals surface area contributed by atoms with E-state index in [9.17, 15) is 9.90 Å². The molecule has 0 bridgehead atoms. The highest BCUT2D eigenvalue weighted by molar-refractivity contribution is 5.77. The van der Waals surface area contributed by atoms with Crippen LogP contribution in [0.2, 0.25) is 0 Å². The molecule has 2 aromatic carbocycles. The highest BCUT2D eigenvalue weighted by Gasteiger charge is 2.36. The molecule has 24 heavy (non-hydrogen) atoms. The summed E-state index contributed by atoms with van der Waals surface area (Å²) in [5.41, 5.74) is 1.98. The summed E-state index contributed by atoms with van der Waals surface area (Å²) >= 11 is 0. The first-order valence-electron chi connectivity index (χ1n) is 7.85. The number of aliphatic carboxylic acids is 1. The summed E-state index contributed by atoms with van der Waals surface area (Å²) in [6, 6.07) is 15.0. The summed E-state index contributed by atoms with van der Waals surface area (Å²) in [6.07, 6.45) is -0.0872. The number of aryl methyl sites for hydroxylation is 2. The average Bonchev–Trinajstić information content (AvgIpc) is 2.90. The van der Waals surface area contributed by atoms with Crippen LogP contribution in [-0.2, 0) is 17.4 Å². The molecular formula is C19H20N2O3. The van der Waals surface area contributed by atoms with Gasteiger partial charge in [-0.05, 0) is 36.6 Å². The number of aliphatic hydroxyl groups is 1. The number of carboxylic acids is 1. The zero-order valence-electron chi connectivity index (χ0n) is 13.7. The predicted octanol–water partition coefficient (Wildman–Crippen LogP) is 2.98. The first-order valence-corrected chi connectivity index (χ1v) is 7.85. The molecule has 1 atom stereocenters. The predicted molar refractivity (Wildman–Crippen MR) is 91.8 cm³/mol. The van der Waals surface area contributed by atoms with E-state index < -0.39 is 11.6 Å². The third-order valence-corrected chi connectivity index (χ3v) is 4.36. The van der Waals surface area contributed by atoms with E-state index in [-0.39, 0.29) is 12.8 Å². The van der Waals surface area contributed by atoms with Gasteiger partial charge in [-0.25, -0.2) is 4.98 Å². The first-order chi connectivity index (χ1) is 11.4. The van der Waals surface area contributed by atoms with Crippen molar-refractivity contribution in [2.24, 2.45) is 7.05 Å². The lowest BCUT2D eigenvalue weighted by Crippen LogP contribution is -2.31. The van der Waals surface area contributed by atoms with Crippen molar-refractivity contribution in [1.29, 1.82) is 0 Å². The summed E-state index contributed by atoms with van der Waals surface area (Å²) in [5.74, 6) is -0.491. The third kappa shape index (κ3) is 2.78. The van der Waals surface area contributed by atoms with E-state index in [1.807, 2.05) is 54.9 Å². The highest BCUT2D eigenvalue weighted by Crippen LogP contribution is 2.35. The number of hydrogen-bond acceptors (Lipinski definition) is 3. The van der Waals surface area contributed by atoms with Gasteiger partial charge in [0.2, 0.25) is 0 Å². The molecule has 0 spiro atoms. The van der Waals surface area contributed by atoms with Crippen molar-refractivity contribution in [2.45, 2.75) is 25.4 Å². The van der Waals surface area contributed by atoms with Gasteiger partial charge in [0.15, 0.2) is 0 Å². The minimum Gasteiger partial charge on any atom is -0.481 e. The molecule has 1 heterocycles.